The van der Waals surface area contributed by atoms with Crippen molar-refractivity contribution in [2.45, 2.75) is 98.7 Å². The van der Waals surface area contributed by atoms with E-state index in [0.717, 1.165) is 38.5 Å². The molecule has 0 spiro atoms. The van der Waals surface area contributed by atoms with Gasteiger partial charge in [0.15, 0.2) is 0 Å². The Balaban J connectivity index is 1.98. The van der Waals surface area contributed by atoms with Crippen LogP contribution in [0.5, 0.6) is 0 Å². The second kappa shape index (κ2) is 8.63. The minimum Gasteiger partial charge on any atom is -0.459 e. The number of ether oxygens (including phenoxy) is 1. The van der Waals surface area contributed by atoms with E-state index in [4.69, 9.17) is 4.74 Å². The van der Waals surface area contributed by atoms with Crippen LogP contribution in [-0.4, -0.2) is 22.8 Å². The van der Waals surface area contributed by atoms with Crippen LogP contribution in [-0.2, 0) is 9.53 Å². The summed E-state index contributed by atoms with van der Waals surface area (Å²) in [6, 6.07) is 0. The summed E-state index contributed by atoms with van der Waals surface area (Å²) in [5, 5.41) is 9.74. The maximum atomic E-state index is 13.0. The second-order valence-corrected chi connectivity index (χ2v) is 10.4. The predicted molar refractivity (Wildman–Crippen MR) is 107 cm³/mol. The molecule has 3 heteroatoms. The third kappa shape index (κ3) is 5.03. The summed E-state index contributed by atoms with van der Waals surface area (Å²) in [5.74, 6) is 3.48. The van der Waals surface area contributed by atoms with Crippen LogP contribution in [0.15, 0.2) is 0 Å². The smallest absolute Gasteiger partial charge is 0.309 e. The third-order valence-electron chi connectivity index (χ3n) is 7.35. The van der Waals surface area contributed by atoms with Gasteiger partial charge >= 0.3 is 5.97 Å². The van der Waals surface area contributed by atoms with Gasteiger partial charge in [0, 0.05) is 0 Å². The zero-order valence-electron chi connectivity index (χ0n) is 18.1. The van der Waals surface area contributed by atoms with Crippen molar-refractivity contribution in [2.75, 3.05) is 0 Å². The first-order chi connectivity index (χ1) is 12.0. The summed E-state index contributed by atoms with van der Waals surface area (Å²) in [4.78, 5) is 13.0. The number of aliphatic hydroxyl groups excluding tert-OH is 1. The maximum absolute atomic E-state index is 13.0. The Morgan fingerprint density at radius 3 is 2.04 bits per heavy atom. The van der Waals surface area contributed by atoms with E-state index >= 15 is 0 Å². The van der Waals surface area contributed by atoms with Crippen molar-refractivity contribution in [1.29, 1.82) is 0 Å². The maximum Gasteiger partial charge on any atom is 0.309 e. The van der Waals surface area contributed by atoms with Crippen LogP contribution in [0.1, 0.15) is 87.0 Å². The van der Waals surface area contributed by atoms with E-state index in [-0.39, 0.29) is 18.0 Å². The monoisotopic (exact) mass is 366 g/mol. The second-order valence-electron chi connectivity index (χ2n) is 10.4. The van der Waals surface area contributed by atoms with Crippen LogP contribution >= 0.6 is 0 Å². The number of hydrogen-bond acceptors (Lipinski definition) is 3. The van der Waals surface area contributed by atoms with Gasteiger partial charge in [-0.3, -0.25) is 4.79 Å². The van der Waals surface area contributed by atoms with Crippen molar-refractivity contribution >= 4 is 5.97 Å². The number of aliphatic hydroxyl groups is 1. The normalized spacial score (nSPS) is 33.3. The van der Waals surface area contributed by atoms with Crippen molar-refractivity contribution in [2.24, 2.45) is 41.4 Å². The van der Waals surface area contributed by atoms with E-state index in [1.165, 1.54) is 0 Å². The quantitative estimate of drug-likeness (QED) is 0.636. The molecule has 0 aliphatic heterocycles. The molecule has 2 saturated carbocycles. The Bertz CT molecular complexity index is 452. The lowest BCUT2D eigenvalue weighted by molar-refractivity contribution is -0.170. The topological polar surface area (TPSA) is 46.5 Å². The van der Waals surface area contributed by atoms with Crippen LogP contribution < -0.4 is 0 Å². The molecule has 152 valence electrons. The zero-order valence-corrected chi connectivity index (χ0v) is 18.1. The summed E-state index contributed by atoms with van der Waals surface area (Å²) >= 11 is 0. The Labute approximate surface area is 161 Å². The van der Waals surface area contributed by atoms with E-state index in [1.54, 1.807) is 0 Å². The lowest BCUT2D eigenvalue weighted by Gasteiger charge is -2.38. The van der Waals surface area contributed by atoms with Crippen LogP contribution in [0.4, 0.5) is 0 Å². The first-order valence-corrected chi connectivity index (χ1v) is 10.9. The van der Waals surface area contributed by atoms with E-state index < -0.39 is 5.60 Å². The molecule has 0 aromatic heterocycles. The SMILES string of the molecule is CC(C)C(C(C)C)C1CC(C)C(C(=O)OC(C)(C)C2CCC(O)CC2)C1. The third-order valence-corrected chi connectivity index (χ3v) is 7.35. The average molecular weight is 367 g/mol. The first kappa shape index (κ1) is 21.7. The lowest BCUT2D eigenvalue weighted by atomic mass is 9.75. The largest absolute Gasteiger partial charge is 0.459 e. The van der Waals surface area contributed by atoms with Crippen LogP contribution in [0.25, 0.3) is 0 Å². The van der Waals surface area contributed by atoms with Crippen molar-refractivity contribution in [3.8, 4) is 0 Å². The predicted octanol–water partition coefficient (Wildman–Crippen LogP) is 5.45. The van der Waals surface area contributed by atoms with Gasteiger partial charge in [0.05, 0.1) is 12.0 Å². The summed E-state index contributed by atoms with van der Waals surface area (Å²) in [6.45, 7) is 15.6. The van der Waals surface area contributed by atoms with Gasteiger partial charge in [-0.05, 0) is 87.9 Å². The highest BCUT2D eigenvalue weighted by atomic mass is 16.6. The van der Waals surface area contributed by atoms with Crippen molar-refractivity contribution in [1.82, 2.24) is 0 Å². The molecule has 2 rings (SSSR count). The fourth-order valence-corrected chi connectivity index (χ4v) is 5.99. The Morgan fingerprint density at radius 1 is 1.00 bits per heavy atom. The highest BCUT2D eigenvalue weighted by molar-refractivity contribution is 5.73. The summed E-state index contributed by atoms with van der Waals surface area (Å²) in [7, 11) is 0. The molecule has 26 heavy (non-hydrogen) atoms. The molecule has 0 aromatic carbocycles. The molecule has 0 radical (unpaired) electrons. The highest BCUT2D eigenvalue weighted by Gasteiger charge is 2.44. The molecule has 0 amide bonds. The fourth-order valence-electron chi connectivity index (χ4n) is 5.99. The molecule has 2 aliphatic rings. The lowest BCUT2D eigenvalue weighted by Crippen LogP contribution is -2.41. The molecular weight excluding hydrogens is 324 g/mol. The van der Waals surface area contributed by atoms with Crippen LogP contribution in [0.3, 0.4) is 0 Å². The molecular formula is C23H42O3. The van der Waals surface area contributed by atoms with E-state index in [0.29, 0.717) is 35.5 Å². The van der Waals surface area contributed by atoms with Gasteiger partial charge in [0.25, 0.3) is 0 Å². The van der Waals surface area contributed by atoms with Crippen LogP contribution in [0.2, 0.25) is 0 Å². The number of carbonyl (C=O) groups excluding carboxylic acids is 1. The van der Waals surface area contributed by atoms with E-state index in [2.05, 4.69) is 48.5 Å². The molecule has 1 N–H and O–H groups in total. The molecule has 2 aliphatic carbocycles. The molecule has 3 atom stereocenters. The molecule has 3 unspecified atom stereocenters. The Kier molecular flexibility index (Phi) is 7.21. The standard InChI is InChI=1S/C23H42O3/c1-14(2)21(15(3)4)17-12-16(5)20(13-17)22(25)26-23(6,7)18-8-10-19(24)11-9-18/h14-21,24H,8-13H2,1-7H3. The van der Waals surface area contributed by atoms with Crippen molar-refractivity contribution < 1.29 is 14.6 Å². The van der Waals surface area contributed by atoms with E-state index in [9.17, 15) is 9.90 Å². The highest BCUT2D eigenvalue weighted by Crippen LogP contribution is 2.46. The fraction of sp³-hybridized carbons (Fsp3) is 0.957. The number of esters is 1. The molecule has 0 aromatic rings. The molecule has 0 saturated heterocycles. The van der Waals surface area contributed by atoms with Gasteiger partial charge in [-0.15, -0.1) is 0 Å². The average Bonchev–Trinajstić information content (AvgIpc) is 2.88. The number of hydrogen-bond donors (Lipinski definition) is 1. The van der Waals surface area contributed by atoms with Gasteiger partial charge in [-0.25, -0.2) is 0 Å². The number of rotatable bonds is 6. The Morgan fingerprint density at radius 2 is 1.54 bits per heavy atom. The van der Waals surface area contributed by atoms with Crippen molar-refractivity contribution in [3.63, 3.8) is 0 Å². The molecule has 3 nitrogen and oxygen atoms in total. The van der Waals surface area contributed by atoms with Gasteiger partial charge in [0.1, 0.15) is 5.60 Å². The Hall–Kier alpha value is -0.570. The molecule has 0 bridgehead atoms. The van der Waals surface area contributed by atoms with Gasteiger partial charge in [0.2, 0.25) is 0 Å². The van der Waals surface area contributed by atoms with Gasteiger partial charge in [-0.1, -0.05) is 34.6 Å². The minimum atomic E-state index is -0.426. The number of carbonyl (C=O) groups is 1. The zero-order chi connectivity index (χ0) is 19.6. The van der Waals surface area contributed by atoms with Crippen molar-refractivity contribution in [3.05, 3.63) is 0 Å². The van der Waals surface area contributed by atoms with Gasteiger partial charge < -0.3 is 9.84 Å². The molecule has 0 heterocycles. The van der Waals surface area contributed by atoms with Gasteiger partial charge in [-0.2, -0.15) is 0 Å². The summed E-state index contributed by atoms with van der Waals surface area (Å²) < 4.78 is 6.10. The summed E-state index contributed by atoms with van der Waals surface area (Å²) in [6.07, 6.45) is 5.53. The van der Waals surface area contributed by atoms with Crippen LogP contribution in [0, 0.1) is 41.4 Å². The summed E-state index contributed by atoms with van der Waals surface area (Å²) in [5.41, 5.74) is -0.426. The first-order valence-electron chi connectivity index (χ1n) is 10.9. The minimum absolute atomic E-state index is 0.0161. The molecule has 2 fully saturated rings. The van der Waals surface area contributed by atoms with E-state index in [1.807, 2.05) is 0 Å².